The lowest BCUT2D eigenvalue weighted by molar-refractivity contribution is -0.132. The Bertz CT molecular complexity index is 2690. The van der Waals surface area contributed by atoms with Gasteiger partial charge in [0.05, 0.1) is 31.8 Å². The van der Waals surface area contributed by atoms with E-state index in [-0.39, 0.29) is 53.3 Å². The molecule has 0 saturated heterocycles. The number of nitrogens with zero attached hydrogens (tertiary/aromatic N) is 2. The first-order valence-electron chi connectivity index (χ1n) is 23.9. The number of aromatic nitrogens is 2. The van der Waals surface area contributed by atoms with E-state index >= 15 is 4.79 Å². The number of phenolic OH excluding ortho intramolecular Hbond substituents is 4. The Labute approximate surface area is 398 Å². The van der Waals surface area contributed by atoms with E-state index in [0.717, 1.165) is 51.7 Å². The topological polar surface area (TPSA) is 208 Å². The van der Waals surface area contributed by atoms with Gasteiger partial charge in [-0.2, -0.15) is 11.9 Å². The molecule has 1 aliphatic heterocycles. The molecule has 1 saturated carbocycles. The molecule has 8 N–H and O–H groups in total. The molecule has 4 aromatic carbocycles. The van der Waals surface area contributed by atoms with Crippen LogP contribution < -0.4 is 25.1 Å². The number of nitrogens with one attached hydrogen (secondary N) is 2. The number of likely N-dealkylation sites (N-methyl/N-ethyl adjacent to an activating group) is 1. The van der Waals surface area contributed by atoms with Crippen LogP contribution >= 0.6 is 0 Å². The number of pyridine rings is 1. The molecule has 0 amide bonds. The van der Waals surface area contributed by atoms with E-state index in [1.54, 1.807) is 48.8 Å². The minimum Gasteiger partial charge on any atom is -0.668 e. The third-order valence-corrected chi connectivity index (χ3v) is 14.5. The number of aryl methyl sites for hydroxylation is 1. The lowest BCUT2D eigenvalue weighted by Gasteiger charge is -2.46. The van der Waals surface area contributed by atoms with Gasteiger partial charge in [0.25, 0.3) is 0 Å². The zero-order chi connectivity index (χ0) is 48.1. The van der Waals surface area contributed by atoms with Gasteiger partial charge >= 0.3 is 0 Å². The zero-order valence-corrected chi connectivity index (χ0v) is 39.4. The van der Waals surface area contributed by atoms with Gasteiger partial charge in [-0.05, 0) is 170 Å². The third kappa shape index (κ3) is 10.1. The van der Waals surface area contributed by atoms with Crippen molar-refractivity contribution in [2.45, 2.75) is 101 Å². The van der Waals surface area contributed by atoms with Crippen molar-refractivity contribution < 1.29 is 44.9 Å². The van der Waals surface area contributed by atoms with Crippen LogP contribution in [0.15, 0.2) is 97.3 Å². The molecule has 0 radical (unpaired) electrons. The van der Waals surface area contributed by atoms with Crippen LogP contribution in [0.3, 0.4) is 0 Å². The number of rotatable bonds is 15. The van der Waals surface area contributed by atoms with Crippen molar-refractivity contribution in [2.24, 2.45) is 17.8 Å². The van der Waals surface area contributed by atoms with Crippen LogP contribution in [0, 0.1) is 17.8 Å². The van der Waals surface area contributed by atoms with Crippen LogP contribution in [0.4, 0.5) is 11.5 Å². The summed E-state index contributed by atoms with van der Waals surface area (Å²) in [5.41, 5.74) is 3.50. The fourth-order valence-electron chi connectivity index (χ4n) is 11.3. The van der Waals surface area contributed by atoms with Crippen molar-refractivity contribution in [1.82, 2.24) is 15.3 Å². The number of methoxy groups -OCH3 is 1. The second-order valence-corrected chi connectivity index (χ2v) is 19.3. The number of fused-ring (bicyclic) bond motifs is 6. The average molecular weight is 926 g/mol. The van der Waals surface area contributed by atoms with E-state index in [1.165, 1.54) is 13.2 Å². The SMILES string of the molecule is CNC[C@@H]1C[C@@H](c2cc(O)c(O)c(OCCCC(C)C)c2)CC(=O)[C@@H]([C@H](O)CCc2ccc(O)c(OC)c2)[C@@]2(CC[C@H](O)[C@@H]2Cc2ccc[n-]2)c2ccnc(c2)Nc2ccc3cc(O)ccc3c21. The van der Waals surface area contributed by atoms with Gasteiger partial charge in [-0.25, -0.2) is 4.98 Å². The van der Waals surface area contributed by atoms with E-state index in [1.807, 2.05) is 49.5 Å². The summed E-state index contributed by atoms with van der Waals surface area (Å²) in [7, 11) is 3.35. The highest BCUT2D eigenvalue weighted by Gasteiger charge is 2.57. The summed E-state index contributed by atoms with van der Waals surface area (Å²) in [5, 5.41) is 77.5. The number of aliphatic hydroxyl groups excluding tert-OH is 2. The lowest BCUT2D eigenvalue weighted by atomic mass is 9.58. The van der Waals surface area contributed by atoms with Crippen LogP contribution in [-0.2, 0) is 23.1 Å². The number of phenols is 4. The number of benzene rings is 4. The van der Waals surface area contributed by atoms with Gasteiger partial charge in [-0.15, -0.1) is 0 Å². The van der Waals surface area contributed by atoms with E-state index in [9.17, 15) is 30.6 Å². The van der Waals surface area contributed by atoms with Crippen molar-refractivity contribution in [3.05, 3.63) is 125 Å². The molecule has 2 aromatic heterocycles. The third-order valence-electron chi connectivity index (χ3n) is 14.5. The van der Waals surface area contributed by atoms with Crippen LogP contribution in [0.1, 0.15) is 98.6 Å². The summed E-state index contributed by atoms with van der Waals surface area (Å²) in [6, 6.07) is 25.2. The molecule has 13 heteroatoms. The molecule has 68 heavy (non-hydrogen) atoms. The molecule has 1 fully saturated rings. The van der Waals surface area contributed by atoms with Crippen molar-refractivity contribution in [2.75, 3.05) is 32.6 Å². The molecule has 6 aromatic rings. The second-order valence-electron chi connectivity index (χ2n) is 19.3. The molecule has 3 heterocycles. The number of hydrogen-bond donors (Lipinski definition) is 8. The predicted molar refractivity (Wildman–Crippen MR) is 262 cm³/mol. The van der Waals surface area contributed by atoms with Crippen LogP contribution in [0.25, 0.3) is 10.8 Å². The molecular weight excluding hydrogens is 861 g/mol. The van der Waals surface area contributed by atoms with Crippen molar-refractivity contribution >= 4 is 28.1 Å². The number of aromatic hydroxyl groups is 4. The maximum atomic E-state index is 16.2. The monoisotopic (exact) mass is 925 g/mol. The summed E-state index contributed by atoms with van der Waals surface area (Å²) in [6.07, 6.45) is 4.97. The first-order valence-corrected chi connectivity index (χ1v) is 23.9. The summed E-state index contributed by atoms with van der Waals surface area (Å²) in [6.45, 7) is 5.05. The number of anilines is 2. The number of ether oxygens (including phenoxy) is 2. The number of carbonyl (C=O) groups is 1. The number of hydrogen-bond acceptors (Lipinski definition) is 12. The fourth-order valence-corrected chi connectivity index (χ4v) is 11.3. The smallest absolute Gasteiger partial charge is 0.200 e. The van der Waals surface area contributed by atoms with Crippen LogP contribution in [0.5, 0.6) is 34.5 Å². The summed E-state index contributed by atoms with van der Waals surface area (Å²) in [5.74, 6) is -1.93. The molecule has 1 aliphatic carbocycles. The summed E-state index contributed by atoms with van der Waals surface area (Å²) in [4.78, 5) is 25.6. The fraction of sp³-hybridized carbons (Fsp3) is 0.418. The normalized spacial score (nSPS) is 22.3. The van der Waals surface area contributed by atoms with Gasteiger partial charge in [-0.1, -0.05) is 44.2 Å². The van der Waals surface area contributed by atoms with Crippen molar-refractivity contribution in [1.29, 1.82) is 0 Å². The minimum absolute atomic E-state index is 0.00697. The Morgan fingerprint density at radius 3 is 2.56 bits per heavy atom. The highest BCUT2D eigenvalue weighted by atomic mass is 16.5. The Balaban J connectivity index is 1.33. The second kappa shape index (κ2) is 20.9. The predicted octanol–water partition coefficient (Wildman–Crippen LogP) is 8.89. The van der Waals surface area contributed by atoms with E-state index in [2.05, 4.69) is 29.5 Å². The summed E-state index contributed by atoms with van der Waals surface area (Å²) >= 11 is 0. The molecule has 13 nitrogen and oxygen atoms in total. The molecule has 360 valence electrons. The molecule has 7 atom stereocenters. The highest BCUT2D eigenvalue weighted by Crippen LogP contribution is 2.56. The Morgan fingerprint density at radius 2 is 1.79 bits per heavy atom. The average Bonchev–Trinajstić information content (AvgIpc) is 3.96. The van der Waals surface area contributed by atoms with Gasteiger partial charge in [0.2, 0.25) is 5.75 Å². The number of Topliss-reactive ketones (excluding diaryl/α,β-unsaturated/α-hetero) is 1. The van der Waals surface area contributed by atoms with Crippen LogP contribution in [-0.4, -0.2) is 80.9 Å². The minimum atomic E-state index is -1.21. The van der Waals surface area contributed by atoms with Gasteiger partial charge in [-0.3, -0.25) is 4.79 Å². The quantitative estimate of drug-likeness (QED) is 0.0358. The molecule has 2 bridgehead atoms. The zero-order valence-electron chi connectivity index (χ0n) is 39.4. The van der Waals surface area contributed by atoms with E-state index in [0.29, 0.717) is 68.3 Å². The Hall–Kier alpha value is -6.28. The summed E-state index contributed by atoms with van der Waals surface area (Å²) < 4.78 is 11.6. The number of ketones is 1. The Kier molecular flexibility index (Phi) is 14.8. The molecule has 1 spiro atoms. The van der Waals surface area contributed by atoms with Gasteiger partial charge in [0.1, 0.15) is 17.4 Å². The largest absolute Gasteiger partial charge is 0.668 e. The maximum absolute atomic E-state index is 16.2. The highest BCUT2D eigenvalue weighted by molar-refractivity contribution is 5.93. The maximum Gasteiger partial charge on any atom is 0.200 e. The lowest BCUT2D eigenvalue weighted by Crippen LogP contribution is -2.51. The van der Waals surface area contributed by atoms with Crippen molar-refractivity contribution in [3.63, 3.8) is 0 Å². The Morgan fingerprint density at radius 1 is 0.956 bits per heavy atom. The standard InChI is InChI=1S/C55H65N4O9/c1-32(2)7-6-22-68-50-28-36(27-48(65)54(50)66)35-24-37(31-56-3)52-41-13-12-40(60)25-34(41)11-14-43(52)59-51-29-38(18-21-58-51)55(19-17-44(61)42(55)30-39-8-5-20-57-39)53(47(64)26-35)46(63)16-10-33-9-15-45(62)49(23-33)67-4/h5,8-9,11-15,18,20-21,23,25,27-29,32,35,37,42,44,46,53,56,60-63,65-66H,6-7,10,16-17,19,22,24,26,30-31H2,1-4H3,(H,58,59)/q-1/t35-,37+,42+,44+,46-,53-,55+/m1/s1. The van der Waals surface area contributed by atoms with E-state index in [4.69, 9.17) is 14.5 Å². The van der Waals surface area contributed by atoms with Gasteiger partial charge in [0, 0.05) is 30.3 Å². The molecule has 0 unspecified atom stereocenters. The number of carbonyl (C=O) groups excluding carboxylic acids is 1. The van der Waals surface area contributed by atoms with Crippen molar-refractivity contribution in [3.8, 4) is 34.5 Å². The van der Waals surface area contributed by atoms with Crippen LogP contribution in [0.2, 0.25) is 0 Å². The molecule has 8 rings (SSSR count). The molecular formula is C55H65N4O9-. The van der Waals surface area contributed by atoms with E-state index < -0.39 is 35.4 Å². The van der Waals surface area contributed by atoms with Gasteiger partial charge in [0.15, 0.2) is 23.0 Å². The first-order chi connectivity index (χ1) is 32.8. The molecule has 2 aliphatic rings. The number of aliphatic hydroxyl groups is 2. The van der Waals surface area contributed by atoms with Gasteiger partial charge < -0.3 is 55.7 Å². The first kappa shape index (κ1) is 48.2.